The van der Waals surface area contributed by atoms with Crippen LogP contribution in [0, 0.1) is 5.41 Å². The van der Waals surface area contributed by atoms with E-state index in [0.29, 0.717) is 5.41 Å². The van der Waals surface area contributed by atoms with E-state index in [1.807, 2.05) is 0 Å². The Morgan fingerprint density at radius 2 is 1.58 bits per heavy atom. The molecule has 0 amide bonds. The molecule has 1 aliphatic carbocycles. The second kappa shape index (κ2) is 7.09. The lowest BCUT2D eigenvalue weighted by Gasteiger charge is -2.38. The predicted molar refractivity (Wildman–Crippen MR) is 83.6 cm³/mol. The zero-order chi connectivity index (χ0) is 13.6. The molecule has 0 heterocycles. The van der Waals surface area contributed by atoms with Crippen molar-refractivity contribution >= 4 is 0 Å². The van der Waals surface area contributed by atoms with E-state index < -0.39 is 0 Å². The number of nitrogens with one attached hydrogen (secondary N) is 1. The molecule has 0 saturated heterocycles. The molecule has 0 aromatic heterocycles. The van der Waals surface area contributed by atoms with Crippen LogP contribution >= 0.6 is 0 Å². The summed E-state index contributed by atoms with van der Waals surface area (Å²) in [5.41, 5.74) is 3.49. The Hall–Kier alpha value is -0.820. The van der Waals surface area contributed by atoms with Crippen molar-refractivity contribution in [3.8, 4) is 0 Å². The van der Waals surface area contributed by atoms with Crippen molar-refractivity contribution in [3.05, 3.63) is 35.4 Å². The minimum Gasteiger partial charge on any atom is -0.316 e. The summed E-state index contributed by atoms with van der Waals surface area (Å²) < 4.78 is 0. The van der Waals surface area contributed by atoms with Crippen molar-refractivity contribution in [2.45, 2.75) is 58.8 Å². The standard InChI is InChI=1S/C18H29N/c1-3-16-8-10-17(11-9-16)14-18(15-19-4-2)12-6-5-7-13-18/h8-11,19H,3-7,12-15H2,1-2H3. The highest BCUT2D eigenvalue weighted by molar-refractivity contribution is 5.23. The summed E-state index contributed by atoms with van der Waals surface area (Å²) in [6, 6.07) is 9.31. The molecule has 1 aromatic rings. The minimum absolute atomic E-state index is 0.516. The van der Waals surface area contributed by atoms with Gasteiger partial charge < -0.3 is 5.32 Å². The molecule has 1 N–H and O–H groups in total. The SMILES string of the molecule is CCNCC1(Cc2ccc(CC)cc2)CCCCC1. The first-order valence-corrected chi connectivity index (χ1v) is 8.06. The quantitative estimate of drug-likeness (QED) is 0.801. The number of hydrogen-bond acceptors (Lipinski definition) is 1. The van der Waals surface area contributed by atoms with Gasteiger partial charge in [-0.2, -0.15) is 0 Å². The van der Waals surface area contributed by atoms with Crippen molar-refractivity contribution in [1.29, 1.82) is 0 Å². The van der Waals surface area contributed by atoms with Crippen molar-refractivity contribution < 1.29 is 0 Å². The van der Waals surface area contributed by atoms with E-state index in [9.17, 15) is 0 Å². The fourth-order valence-corrected chi connectivity index (χ4v) is 3.43. The van der Waals surface area contributed by atoms with Crippen molar-refractivity contribution in [1.82, 2.24) is 5.32 Å². The highest BCUT2D eigenvalue weighted by Gasteiger charge is 2.31. The maximum atomic E-state index is 3.60. The van der Waals surface area contributed by atoms with Gasteiger partial charge in [0.05, 0.1) is 0 Å². The van der Waals surface area contributed by atoms with Gasteiger partial charge in [-0.25, -0.2) is 0 Å². The lowest BCUT2D eigenvalue weighted by atomic mass is 9.70. The van der Waals surface area contributed by atoms with Gasteiger partial charge in [0.15, 0.2) is 0 Å². The number of benzene rings is 1. The Labute approximate surface area is 118 Å². The van der Waals surface area contributed by atoms with E-state index in [1.165, 1.54) is 56.2 Å². The van der Waals surface area contributed by atoms with Crippen LogP contribution in [-0.4, -0.2) is 13.1 Å². The molecule has 1 aromatic carbocycles. The van der Waals surface area contributed by atoms with Gasteiger partial charge in [0.2, 0.25) is 0 Å². The second-order valence-corrected chi connectivity index (χ2v) is 6.19. The van der Waals surface area contributed by atoms with E-state index in [2.05, 4.69) is 43.4 Å². The molecule has 0 radical (unpaired) electrons. The highest BCUT2D eigenvalue weighted by Crippen LogP contribution is 2.38. The summed E-state index contributed by atoms with van der Waals surface area (Å²) in [6.45, 7) is 6.73. The van der Waals surface area contributed by atoms with Crippen LogP contribution in [0.5, 0.6) is 0 Å². The lowest BCUT2D eigenvalue weighted by Crippen LogP contribution is -2.37. The van der Waals surface area contributed by atoms with Gasteiger partial charge in [0.25, 0.3) is 0 Å². The minimum atomic E-state index is 0.516. The molecule has 0 unspecified atom stereocenters. The van der Waals surface area contributed by atoms with Crippen LogP contribution in [-0.2, 0) is 12.8 Å². The zero-order valence-electron chi connectivity index (χ0n) is 12.7. The highest BCUT2D eigenvalue weighted by atomic mass is 14.9. The summed E-state index contributed by atoms with van der Waals surface area (Å²) in [5, 5.41) is 3.60. The summed E-state index contributed by atoms with van der Waals surface area (Å²) in [4.78, 5) is 0. The molecule has 0 atom stereocenters. The van der Waals surface area contributed by atoms with Gasteiger partial charge in [-0.3, -0.25) is 0 Å². The Morgan fingerprint density at radius 3 is 2.16 bits per heavy atom. The van der Waals surface area contributed by atoms with Gasteiger partial charge in [-0.1, -0.05) is 57.4 Å². The van der Waals surface area contributed by atoms with Crippen LogP contribution in [0.3, 0.4) is 0 Å². The monoisotopic (exact) mass is 259 g/mol. The smallest absolute Gasteiger partial charge is 0.00109 e. The molecule has 2 rings (SSSR count). The lowest BCUT2D eigenvalue weighted by molar-refractivity contribution is 0.182. The van der Waals surface area contributed by atoms with E-state index in [1.54, 1.807) is 0 Å². The van der Waals surface area contributed by atoms with Crippen molar-refractivity contribution in [2.75, 3.05) is 13.1 Å². The Morgan fingerprint density at radius 1 is 0.947 bits per heavy atom. The molecule has 1 fully saturated rings. The first-order chi connectivity index (χ1) is 9.28. The summed E-state index contributed by atoms with van der Waals surface area (Å²) in [7, 11) is 0. The normalized spacial score (nSPS) is 18.4. The van der Waals surface area contributed by atoms with E-state index in [-0.39, 0.29) is 0 Å². The van der Waals surface area contributed by atoms with E-state index in [4.69, 9.17) is 0 Å². The van der Waals surface area contributed by atoms with Gasteiger partial charge in [0, 0.05) is 6.54 Å². The third-order valence-electron chi connectivity index (χ3n) is 4.67. The Kier molecular flexibility index (Phi) is 5.45. The molecule has 19 heavy (non-hydrogen) atoms. The number of hydrogen-bond donors (Lipinski definition) is 1. The average molecular weight is 259 g/mol. The first kappa shape index (κ1) is 14.6. The van der Waals surface area contributed by atoms with Crippen LogP contribution in [0.25, 0.3) is 0 Å². The van der Waals surface area contributed by atoms with E-state index in [0.717, 1.165) is 13.0 Å². The fraction of sp³-hybridized carbons (Fsp3) is 0.667. The average Bonchev–Trinajstić information content (AvgIpc) is 2.47. The van der Waals surface area contributed by atoms with Crippen LogP contribution in [0.1, 0.15) is 57.1 Å². The molecule has 0 bridgehead atoms. The molecule has 1 aliphatic rings. The molecule has 0 aliphatic heterocycles. The molecular formula is C18H29N. The van der Waals surface area contributed by atoms with E-state index >= 15 is 0 Å². The Bertz CT molecular complexity index is 360. The third kappa shape index (κ3) is 4.07. The predicted octanol–water partition coefficient (Wildman–Crippen LogP) is 4.35. The van der Waals surface area contributed by atoms with Crippen LogP contribution in [0.2, 0.25) is 0 Å². The summed E-state index contributed by atoms with van der Waals surface area (Å²) >= 11 is 0. The molecule has 1 saturated carbocycles. The van der Waals surface area contributed by atoms with Crippen molar-refractivity contribution in [3.63, 3.8) is 0 Å². The van der Waals surface area contributed by atoms with Gasteiger partial charge >= 0.3 is 0 Å². The fourth-order valence-electron chi connectivity index (χ4n) is 3.43. The second-order valence-electron chi connectivity index (χ2n) is 6.19. The van der Waals surface area contributed by atoms with Gasteiger partial charge in [-0.05, 0) is 48.8 Å². The van der Waals surface area contributed by atoms with Crippen LogP contribution in [0.15, 0.2) is 24.3 Å². The third-order valence-corrected chi connectivity index (χ3v) is 4.67. The maximum Gasteiger partial charge on any atom is 0.00109 e. The molecule has 1 heteroatoms. The molecule has 1 nitrogen and oxygen atoms in total. The van der Waals surface area contributed by atoms with Crippen molar-refractivity contribution in [2.24, 2.45) is 5.41 Å². The van der Waals surface area contributed by atoms with Gasteiger partial charge in [-0.15, -0.1) is 0 Å². The van der Waals surface area contributed by atoms with Crippen LogP contribution in [0.4, 0.5) is 0 Å². The summed E-state index contributed by atoms with van der Waals surface area (Å²) in [6.07, 6.45) is 9.46. The number of rotatable bonds is 6. The summed E-state index contributed by atoms with van der Waals surface area (Å²) in [5.74, 6) is 0. The number of aryl methyl sites for hydroxylation is 1. The maximum absolute atomic E-state index is 3.60. The molecule has 0 spiro atoms. The Balaban J connectivity index is 2.05. The molecular weight excluding hydrogens is 230 g/mol. The first-order valence-electron chi connectivity index (χ1n) is 8.06. The van der Waals surface area contributed by atoms with Gasteiger partial charge in [0.1, 0.15) is 0 Å². The van der Waals surface area contributed by atoms with Crippen LogP contribution < -0.4 is 5.32 Å². The largest absolute Gasteiger partial charge is 0.316 e. The molecule has 106 valence electrons. The topological polar surface area (TPSA) is 12.0 Å². The zero-order valence-corrected chi connectivity index (χ0v) is 12.7.